The molecule has 1 fully saturated rings. The summed E-state index contributed by atoms with van der Waals surface area (Å²) < 4.78 is 6.46. The molecule has 2 rings (SSSR count). The van der Waals surface area contributed by atoms with Gasteiger partial charge in [-0.1, -0.05) is 0 Å². The van der Waals surface area contributed by atoms with E-state index in [0.29, 0.717) is 32.0 Å². The van der Waals surface area contributed by atoms with E-state index in [-0.39, 0.29) is 18.1 Å². The second kappa shape index (κ2) is 5.13. The van der Waals surface area contributed by atoms with Crippen molar-refractivity contribution in [3.63, 3.8) is 0 Å². The van der Waals surface area contributed by atoms with Crippen molar-refractivity contribution in [1.82, 2.24) is 14.7 Å². The monoisotopic (exact) mass is 254 g/mol. The summed E-state index contributed by atoms with van der Waals surface area (Å²) >= 11 is 0. The third kappa shape index (κ3) is 2.65. The molecule has 1 aliphatic heterocycles. The zero-order chi connectivity index (χ0) is 13.1. The second-order valence-corrected chi connectivity index (χ2v) is 4.05. The summed E-state index contributed by atoms with van der Waals surface area (Å²) in [4.78, 5) is 23.7. The molecule has 0 N–H and O–H groups in total. The van der Waals surface area contributed by atoms with Gasteiger partial charge in [0.15, 0.2) is 0 Å². The predicted octanol–water partition coefficient (Wildman–Crippen LogP) is -0.0415. The van der Waals surface area contributed by atoms with Gasteiger partial charge in [-0.3, -0.25) is 19.6 Å². The Morgan fingerprint density at radius 3 is 2.78 bits per heavy atom. The van der Waals surface area contributed by atoms with E-state index < -0.39 is 4.92 Å². The highest BCUT2D eigenvalue weighted by Crippen LogP contribution is 2.15. The number of nitrogens with zero attached hydrogens (tertiary/aromatic N) is 4. The third-order valence-electron chi connectivity index (χ3n) is 2.78. The molecule has 0 unspecified atom stereocenters. The fraction of sp³-hybridized carbons (Fsp3) is 0.600. The average molecular weight is 254 g/mol. The lowest BCUT2D eigenvalue weighted by Gasteiger charge is -2.26. The van der Waals surface area contributed by atoms with Crippen molar-refractivity contribution in [1.29, 1.82) is 0 Å². The van der Waals surface area contributed by atoms with Crippen LogP contribution in [-0.4, -0.2) is 51.8 Å². The van der Waals surface area contributed by atoms with Gasteiger partial charge in [-0.25, -0.2) is 0 Å². The average Bonchev–Trinajstić information content (AvgIpc) is 2.71. The van der Waals surface area contributed by atoms with Crippen LogP contribution in [0.3, 0.4) is 0 Å². The first-order valence-electron chi connectivity index (χ1n) is 5.62. The van der Waals surface area contributed by atoms with Gasteiger partial charge in [0, 0.05) is 13.1 Å². The highest BCUT2D eigenvalue weighted by atomic mass is 16.6. The summed E-state index contributed by atoms with van der Waals surface area (Å²) in [7, 11) is 0. The maximum Gasteiger partial charge on any atom is 0.309 e. The van der Waals surface area contributed by atoms with Gasteiger partial charge in [-0.05, 0) is 6.92 Å². The molecule has 0 aliphatic carbocycles. The lowest BCUT2D eigenvalue weighted by atomic mass is 10.4. The summed E-state index contributed by atoms with van der Waals surface area (Å²) in [5.41, 5.74) is 0.250. The topological polar surface area (TPSA) is 90.5 Å². The van der Waals surface area contributed by atoms with E-state index in [2.05, 4.69) is 5.10 Å². The van der Waals surface area contributed by atoms with Crippen molar-refractivity contribution in [3.8, 4) is 0 Å². The number of hydrogen-bond acceptors (Lipinski definition) is 5. The number of morpholine rings is 1. The van der Waals surface area contributed by atoms with E-state index in [4.69, 9.17) is 4.74 Å². The first-order valence-corrected chi connectivity index (χ1v) is 5.62. The lowest BCUT2D eigenvalue weighted by molar-refractivity contribution is -0.385. The van der Waals surface area contributed by atoms with E-state index in [1.54, 1.807) is 11.8 Å². The molecular weight excluding hydrogens is 240 g/mol. The van der Waals surface area contributed by atoms with Crippen LogP contribution in [0.15, 0.2) is 6.20 Å². The molecule has 2 heterocycles. The fourth-order valence-corrected chi connectivity index (χ4v) is 1.82. The maximum absolute atomic E-state index is 11.9. The van der Waals surface area contributed by atoms with Crippen molar-refractivity contribution >= 4 is 11.6 Å². The molecule has 1 amide bonds. The number of aryl methyl sites for hydroxylation is 1. The Morgan fingerprint density at radius 1 is 1.56 bits per heavy atom. The highest BCUT2D eigenvalue weighted by Gasteiger charge is 2.20. The lowest BCUT2D eigenvalue weighted by Crippen LogP contribution is -2.42. The van der Waals surface area contributed by atoms with Gasteiger partial charge < -0.3 is 9.64 Å². The smallest absolute Gasteiger partial charge is 0.309 e. The molecule has 0 radical (unpaired) electrons. The number of carbonyl (C=O) groups excluding carboxylic acids is 1. The minimum atomic E-state index is -0.502. The van der Waals surface area contributed by atoms with Crippen LogP contribution < -0.4 is 0 Å². The van der Waals surface area contributed by atoms with Crippen molar-refractivity contribution in [2.45, 2.75) is 13.5 Å². The van der Waals surface area contributed by atoms with Crippen LogP contribution in [-0.2, 0) is 16.1 Å². The van der Waals surface area contributed by atoms with Crippen molar-refractivity contribution < 1.29 is 14.5 Å². The van der Waals surface area contributed by atoms with E-state index in [0.717, 1.165) is 0 Å². The molecule has 0 saturated carbocycles. The van der Waals surface area contributed by atoms with Crippen molar-refractivity contribution in [3.05, 3.63) is 22.0 Å². The van der Waals surface area contributed by atoms with E-state index in [9.17, 15) is 14.9 Å². The van der Waals surface area contributed by atoms with Crippen molar-refractivity contribution in [2.75, 3.05) is 26.3 Å². The zero-order valence-electron chi connectivity index (χ0n) is 10.0. The van der Waals surface area contributed by atoms with Crippen LogP contribution in [0.5, 0.6) is 0 Å². The van der Waals surface area contributed by atoms with Gasteiger partial charge in [0.05, 0.1) is 18.1 Å². The molecule has 1 saturated heterocycles. The standard InChI is InChI=1S/C10H14N4O4/c1-8-9(14(16)17)6-13(11-8)7-10(15)12-2-4-18-5-3-12/h6H,2-5,7H2,1H3. The third-order valence-corrected chi connectivity index (χ3v) is 2.78. The van der Waals surface area contributed by atoms with Gasteiger partial charge in [-0.15, -0.1) is 0 Å². The Hall–Kier alpha value is -1.96. The molecule has 98 valence electrons. The molecule has 8 nitrogen and oxygen atoms in total. The second-order valence-electron chi connectivity index (χ2n) is 4.05. The Balaban J connectivity index is 2.02. The number of carbonyl (C=O) groups is 1. The maximum atomic E-state index is 11.9. The van der Waals surface area contributed by atoms with Crippen LogP contribution >= 0.6 is 0 Å². The number of rotatable bonds is 3. The van der Waals surface area contributed by atoms with Crippen LogP contribution in [0.1, 0.15) is 5.69 Å². The van der Waals surface area contributed by atoms with Gasteiger partial charge in [0.1, 0.15) is 18.4 Å². The largest absolute Gasteiger partial charge is 0.378 e. The minimum Gasteiger partial charge on any atom is -0.378 e. The van der Waals surface area contributed by atoms with E-state index in [1.165, 1.54) is 10.9 Å². The summed E-state index contributed by atoms with van der Waals surface area (Å²) in [6.07, 6.45) is 1.29. The SMILES string of the molecule is Cc1nn(CC(=O)N2CCOCC2)cc1[N+](=O)[O-]. The van der Waals surface area contributed by atoms with Gasteiger partial charge >= 0.3 is 5.69 Å². The van der Waals surface area contributed by atoms with Crippen molar-refractivity contribution in [2.24, 2.45) is 0 Å². The number of aromatic nitrogens is 2. The number of hydrogen-bond donors (Lipinski definition) is 0. The van der Waals surface area contributed by atoms with Crippen LogP contribution in [0, 0.1) is 17.0 Å². The number of nitro groups is 1. The fourth-order valence-electron chi connectivity index (χ4n) is 1.82. The molecule has 0 bridgehead atoms. The van der Waals surface area contributed by atoms with E-state index >= 15 is 0 Å². The highest BCUT2D eigenvalue weighted by molar-refractivity contribution is 5.76. The Morgan fingerprint density at radius 2 is 2.22 bits per heavy atom. The molecular formula is C10H14N4O4. The summed E-state index contributed by atoms with van der Waals surface area (Å²) in [5, 5.41) is 14.6. The molecule has 18 heavy (non-hydrogen) atoms. The van der Waals surface area contributed by atoms with Crippen LogP contribution in [0.2, 0.25) is 0 Å². The number of ether oxygens (including phenoxy) is 1. The van der Waals surface area contributed by atoms with Crippen LogP contribution in [0.25, 0.3) is 0 Å². The summed E-state index contributed by atoms with van der Waals surface area (Å²) in [5.74, 6) is -0.101. The molecule has 0 spiro atoms. The predicted molar refractivity (Wildman–Crippen MR) is 61.0 cm³/mol. The van der Waals surface area contributed by atoms with E-state index in [1.807, 2.05) is 0 Å². The molecule has 0 aromatic carbocycles. The van der Waals surface area contributed by atoms with Gasteiger partial charge in [0.25, 0.3) is 0 Å². The summed E-state index contributed by atoms with van der Waals surface area (Å²) in [6.45, 7) is 3.75. The number of amides is 1. The van der Waals surface area contributed by atoms with Crippen LogP contribution in [0.4, 0.5) is 5.69 Å². The molecule has 0 atom stereocenters. The normalized spacial score (nSPS) is 15.7. The first kappa shape index (κ1) is 12.5. The molecule has 8 heteroatoms. The summed E-state index contributed by atoms with van der Waals surface area (Å²) in [6, 6.07) is 0. The van der Waals surface area contributed by atoms with Gasteiger partial charge in [-0.2, -0.15) is 5.10 Å². The Kier molecular flexibility index (Phi) is 3.56. The minimum absolute atomic E-state index is 0.0225. The molecule has 1 aliphatic rings. The molecule has 1 aromatic heterocycles. The van der Waals surface area contributed by atoms with Gasteiger partial charge in [0.2, 0.25) is 5.91 Å². The Bertz CT molecular complexity index is 464. The quantitative estimate of drug-likeness (QED) is 0.557. The molecule has 1 aromatic rings. The zero-order valence-corrected chi connectivity index (χ0v) is 10.0. The Labute approximate surface area is 103 Å². The first-order chi connectivity index (χ1) is 8.58.